The van der Waals surface area contributed by atoms with E-state index in [1.54, 1.807) is 7.05 Å². The van der Waals surface area contributed by atoms with Crippen LogP contribution in [0.3, 0.4) is 0 Å². The van der Waals surface area contributed by atoms with Crippen molar-refractivity contribution in [2.75, 3.05) is 24.2 Å². The summed E-state index contributed by atoms with van der Waals surface area (Å²) in [7, 11) is 1.78. The zero-order valence-electron chi connectivity index (χ0n) is 11.9. The van der Waals surface area contributed by atoms with Crippen molar-refractivity contribution in [3.8, 4) is 6.01 Å². The Bertz CT molecular complexity index is 406. The van der Waals surface area contributed by atoms with Crippen LogP contribution in [0.25, 0.3) is 0 Å². The number of aromatic nitrogens is 3. The van der Waals surface area contributed by atoms with Gasteiger partial charge in [0, 0.05) is 13.6 Å². The zero-order chi connectivity index (χ0) is 13.7. The molecule has 19 heavy (non-hydrogen) atoms. The summed E-state index contributed by atoms with van der Waals surface area (Å²) in [4.78, 5) is 12.7. The summed E-state index contributed by atoms with van der Waals surface area (Å²) in [5, 5.41) is 6.17. The highest BCUT2D eigenvalue weighted by Crippen LogP contribution is 2.29. The molecule has 0 radical (unpaired) electrons. The van der Waals surface area contributed by atoms with E-state index in [-0.39, 0.29) is 6.10 Å². The Kier molecular flexibility index (Phi) is 4.76. The summed E-state index contributed by atoms with van der Waals surface area (Å²) in [6.07, 6.45) is 5.34. The van der Waals surface area contributed by atoms with Crippen LogP contribution in [0.4, 0.5) is 11.9 Å². The lowest BCUT2D eigenvalue weighted by molar-refractivity contribution is 0.222. The van der Waals surface area contributed by atoms with Gasteiger partial charge in [-0.25, -0.2) is 0 Å². The highest BCUT2D eigenvalue weighted by Gasteiger charge is 2.16. The first kappa shape index (κ1) is 13.8. The van der Waals surface area contributed by atoms with Gasteiger partial charge in [-0.3, -0.25) is 0 Å². The van der Waals surface area contributed by atoms with Crippen LogP contribution in [0.1, 0.15) is 39.5 Å². The van der Waals surface area contributed by atoms with Gasteiger partial charge in [-0.2, -0.15) is 15.0 Å². The van der Waals surface area contributed by atoms with Crippen molar-refractivity contribution >= 4 is 11.9 Å². The van der Waals surface area contributed by atoms with E-state index in [1.807, 2.05) is 13.8 Å². The minimum atomic E-state index is 0.0509. The molecule has 0 atom stereocenters. The molecule has 0 bridgehead atoms. The fraction of sp³-hybridized carbons (Fsp3) is 0.769. The molecular formula is C13H23N5O. The number of hydrogen-bond acceptors (Lipinski definition) is 6. The third kappa shape index (κ3) is 4.22. The van der Waals surface area contributed by atoms with E-state index in [4.69, 9.17) is 4.74 Å². The predicted molar refractivity (Wildman–Crippen MR) is 75.6 cm³/mol. The van der Waals surface area contributed by atoms with Gasteiger partial charge in [0.15, 0.2) is 0 Å². The normalized spacial score (nSPS) is 15.2. The zero-order valence-corrected chi connectivity index (χ0v) is 11.9. The first-order valence-corrected chi connectivity index (χ1v) is 7.01. The molecule has 0 unspecified atom stereocenters. The molecule has 1 saturated carbocycles. The molecule has 6 heteroatoms. The van der Waals surface area contributed by atoms with E-state index >= 15 is 0 Å². The van der Waals surface area contributed by atoms with E-state index in [0.29, 0.717) is 17.9 Å². The van der Waals surface area contributed by atoms with Gasteiger partial charge in [-0.15, -0.1) is 0 Å². The predicted octanol–water partition coefficient (Wildman–Crippen LogP) is 2.30. The maximum absolute atomic E-state index is 5.51. The second-order valence-corrected chi connectivity index (χ2v) is 5.19. The third-order valence-corrected chi connectivity index (χ3v) is 3.24. The van der Waals surface area contributed by atoms with Gasteiger partial charge in [0.1, 0.15) is 0 Å². The van der Waals surface area contributed by atoms with Gasteiger partial charge >= 0.3 is 6.01 Å². The van der Waals surface area contributed by atoms with Gasteiger partial charge < -0.3 is 15.4 Å². The molecule has 1 aliphatic carbocycles. The Labute approximate surface area is 114 Å². The van der Waals surface area contributed by atoms with Gasteiger partial charge in [-0.05, 0) is 26.2 Å². The lowest BCUT2D eigenvalue weighted by atomic mass is 9.83. The number of nitrogens with one attached hydrogen (secondary N) is 2. The molecule has 0 saturated heterocycles. The lowest BCUT2D eigenvalue weighted by Crippen LogP contribution is -2.17. The van der Waals surface area contributed by atoms with E-state index in [1.165, 1.54) is 25.7 Å². The summed E-state index contributed by atoms with van der Waals surface area (Å²) in [5.74, 6) is 1.98. The van der Waals surface area contributed by atoms with Crippen molar-refractivity contribution in [2.45, 2.75) is 45.6 Å². The number of ether oxygens (including phenoxy) is 1. The average Bonchev–Trinajstić information content (AvgIpc) is 2.31. The van der Waals surface area contributed by atoms with Gasteiger partial charge in [-0.1, -0.05) is 19.3 Å². The van der Waals surface area contributed by atoms with Crippen LogP contribution in [-0.2, 0) is 0 Å². The Morgan fingerprint density at radius 1 is 1.21 bits per heavy atom. The van der Waals surface area contributed by atoms with Gasteiger partial charge in [0.05, 0.1) is 6.10 Å². The molecule has 0 amide bonds. The smallest absolute Gasteiger partial charge is 0.323 e. The fourth-order valence-electron chi connectivity index (χ4n) is 1.98. The van der Waals surface area contributed by atoms with Crippen LogP contribution < -0.4 is 15.4 Å². The van der Waals surface area contributed by atoms with Crippen LogP contribution in [0.15, 0.2) is 0 Å². The lowest BCUT2D eigenvalue weighted by Gasteiger charge is -2.25. The van der Waals surface area contributed by atoms with Crippen molar-refractivity contribution in [3.05, 3.63) is 0 Å². The van der Waals surface area contributed by atoms with Crippen LogP contribution in [0.2, 0.25) is 0 Å². The average molecular weight is 265 g/mol. The molecule has 1 fully saturated rings. The van der Waals surface area contributed by atoms with Gasteiger partial charge in [0.25, 0.3) is 0 Å². The van der Waals surface area contributed by atoms with Crippen molar-refractivity contribution in [1.29, 1.82) is 0 Å². The molecular weight excluding hydrogens is 242 g/mol. The van der Waals surface area contributed by atoms with Crippen molar-refractivity contribution in [1.82, 2.24) is 15.0 Å². The Morgan fingerprint density at radius 3 is 2.53 bits per heavy atom. The number of nitrogens with zero attached hydrogens (tertiary/aromatic N) is 3. The molecule has 1 aromatic rings. The van der Waals surface area contributed by atoms with E-state index in [0.717, 1.165) is 12.5 Å². The Balaban J connectivity index is 1.92. The van der Waals surface area contributed by atoms with Crippen molar-refractivity contribution in [3.63, 3.8) is 0 Å². The summed E-state index contributed by atoms with van der Waals surface area (Å²) in [6.45, 7) is 4.80. The molecule has 1 aliphatic rings. The van der Waals surface area contributed by atoms with Crippen LogP contribution >= 0.6 is 0 Å². The molecule has 2 N–H and O–H groups in total. The number of hydrogen-bond donors (Lipinski definition) is 2. The summed E-state index contributed by atoms with van der Waals surface area (Å²) < 4.78 is 5.51. The summed E-state index contributed by atoms with van der Waals surface area (Å²) >= 11 is 0. The first-order valence-electron chi connectivity index (χ1n) is 7.01. The molecule has 106 valence electrons. The molecule has 1 heterocycles. The molecule has 0 spiro atoms. The quantitative estimate of drug-likeness (QED) is 0.788. The standard InChI is InChI=1S/C13H23N5O/c1-9(2)19-13-17-11(14-3)16-12(18-13)15-8-7-10-5-4-6-10/h9-10H,4-8H2,1-3H3,(H2,14,15,16,17,18). The second-order valence-electron chi connectivity index (χ2n) is 5.19. The monoisotopic (exact) mass is 265 g/mol. The number of anilines is 2. The second kappa shape index (κ2) is 6.54. The summed E-state index contributed by atoms with van der Waals surface area (Å²) in [6, 6.07) is 0.362. The minimum Gasteiger partial charge on any atom is -0.461 e. The van der Waals surface area contributed by atoms with E-state index in [9.17, 15) is 0 Å². The maximum Gasteiger partial charge on any atom is 0.323 e. The van der Waals surface area contributed by atoms with Crippen molar-refractivity contribution < 1.29 is 4.74 Å². The molecule has 2 rings (SSSR count). The summed E-state index contributed by atoms with van der Waals surface area (Å²) in [5.41, 5.74) is 0. The first-order chi connectivity index (χ1) is 9.17. The topological polar surface area (TPSA) is 72.0 Å². The van der Waals surface area contributed by atoms with E-state index in [2.05, 4.69) is 25.6 Å². The largest absolute Gasteiger partial charge is 0.461 e. The highest BCUT2D eigenvalue weighted by atomic mass is 16.5. The third-order valence-electron chi connectivity index (χ3n) is 3.24. The fourth-order valence-corrected chi connectivity index (χ4v) is 1.98. The molecule has 1 aromatic heterocycles. The maximum atomic E-state index is 5.51. The SMILES string of the molecule is CNc1nc(NCCC2CCC2)nc(OC(C)C)n1. The highest BCUT2D eigenvalue weighted by molar-refractivity contribution is 5.35. The Hall–Kier alpha value is -1.59. The number of rotatable bonds is 7. The minimum absolute atomic E-state index is 0.0509. The van der Waals surface area contributed by atoms with E-state index < -0.39 is 0 Å². The molecule has 0 aliphatic heterocycles. The molecule has 0 aromatic carbocycles. The van der Waals surface area contributed by atoms with Crippen LogP contribution in [-0.4, -0.2) is 34.6 Å². The van der Waals surface area contributed by atoms with Crippen LogP contribution in [0.5, 0.6) is 6.01 Å². The molecule has 6 nitrogen and oxygen atoms in total. The van der Waals surface area contributed by atoms with Crippen LogP contribution in [0, 0.1) is 5.92 Å². The van der Waals surface area contributed by atoms with Gasteiger partial charge in [0.2, 0.25) is 11.9 Å². The Morgan fingerprint density at radius 2 is 1.95 bits per heavy atom. The van der Waals surface area contributed by atoms with Crippen molar-refractivity contribution in [2.24, 2.45) is 5.92 Å².